The van der Waals surface area contributed by atoms with Crippen molar-refractivity contribution >= 4 is 11.6 Å². The molecule has 0 saturated carbocycles. The van der Waals surface area contributed by atoms with Crippen LogP contribution in [0.3, 0.4) is 0 Å². The molecule has 1 aromatic carbocycles. The quantitative estimate of drug-likeness (QED) is 0.840. The van der Waals surface area contributed by atoms with Crippen LogP contribution in [-0.2, 0) is 13.0 Å². The Morgan fingerprint density at radius 3 is 2.90 bits per heavy atom. The van der Waals surface area contributed by atoms with Crippen LogP contribution in [0.5, 0.6) is 5.75 Å². The van der Waals surface area contributed by atoms with Crippen molar-refractivity contribution in [2.45, 2.75) is 33.2 Å². The summed E-state index contributed by atoms with van der Waals surface area (Å²) < 4.78 is 5.78. The number of halogens is 1. The molecule has 3 nitrogen and oxygen atoms in total. The molecule has 0 atom stereocenters. The van der Waals surface area contributed by atoms with Crippen LogP contribution in [-0.4, -0.2) is 31.1 Å². The first-order valence-electron chi connectivity index (χ1n) is 7.46. The molecule has 4 heteroatoms. The van der Waals surface area contributed by atoms with Gasteiger partial charge in [0, 0.05) is 30.1 Å². The molecule has 2 N–H and O–H groups in total. The third-order valence-corrected chi connectivity index (χ3v) is 3.74. The topological polar surface area (TPSA) is 38.5 Å². The number of ether oxygens (including phenoxy) is 1. The molecule has 2 rings (SSSR count). The van der Waals surface area contributed by atoms with Crippen LogP contribution in [0.1, 0.15) is 31.4 Å². The largest absolute Gasteiger partial charge is 0.493 e. The molecule has 0 aliphatic carbocycles. The van der Waals surface area contributed by atoms with Gasteiger partial charge in [0.2, 0.25) is 0 Å². The van der Waals surface area contributed by atoms with Gasteiger partial charge in [0.05, 0.1) is 6.61 Å². The smallest absolute Gasteiger partial charge is 0.127 e. The van der Waals surface area contributed by atoms with E-state index >= 15 is 0 Å². The van der Waals surface area contributed by atoms with Crippen LogP contribution in [0.25, 0.3) is 0 Å². The van der Waals surface area contributed by atoms with Gasteiger partial charge in [0.25, 0.3) is 0 Å². The fourth-order valence-corrected chi connectivity index (χ4v) is 3.03. The van der Waals surface area contributed by atoms with Crippen molar-refractivity contribution in [1.29, 1.82) is 0 Å². The molecular formula is C16H25ClN2O. The van der Waals surface area contributed by atoms with Gasteiger partial charge in [-0.3, -0.25) is 4.90 Å². The number of hydrogen-bond donors (Lipinski definition) is 1. The highest BCUT2D eigenvalue weighted by molar-refractivity contribution is 6.30. The maximum Gasteiger partial charge on any atom is 0.127 e. The van der Waals surface area contributed by atoms with Crippen LogP contribution in [0.4, 0.5) is 0 Å². The van der Waals surface area contributed by atoms with Gasteiger partial charge in [-0.15, -0.1) is 0 Å². The number of nitrogens with zero attached hydrogens (tertiary/aromatic N) is 1. The van der Waals surface area contributed by atoms with E-state index < -0.39 is 0 Å². The van der Waals surface area contributed by atoms with Crippen LogP contribution in [0.15, 0.2) is 12.1 Å². The van der Waals surface area contributed by atoms with E-state index in [0.29, 0.717) is 5.92 Å². The average Bonchev–Trinajstić information content (AvgIpc) is 2.83. The monoisotopic (exact) mass is 296 g/mol. The molecule has 0 spiro atoms. The van der Waals surface area contributed by atoms with Gasteiger partial charge in [-0.25, -0.2) is 0 Å². The fraction of sp³-hybridized carbons (Fsp3) is 0.625. The van der Waals surface area contributed by atoms with Gasteiger partial charge < -0.3 is 10.5 Å². The highest BCUT2D eigenvalue weighted by atomic mass is 35.5. The third-order valence-electron chi connectivity index (χ3n) is 3.52. The van der Waals surface area contributed by atoms with E-state index in [1.54, 1.807) is 0 Å². The van der Waals surface area contributed by atoms with Crippen molar-refractivity contribution < 1.29 is 4.74 Å². The first kappa shape index (κ1) is 15.6. The SMILES string of the molecule is CC(C)CN(CCCN)Cc1cc(Cl)cc2c1OCC2. The second-order valence-electron chi connectivity index (χ2n) is 5.92. The molecule has 0 saturated heterocycles. The second-order valence-corrected chi connectivity index (χ2v) is 6.36. The summed E-state index contributed by atoms with van der Waals surface area (Å²) in [6.07, 6.45) is 1.99. The van der Waals surface area contributed by atoms with Gasteiger partial charge in [-0.1, -0.05) is 25.4 Å². The standard InChI is InChI=1S/C16H25ClN2O/c1-12(2)10-19(6-3-5-18)11-14-9-15(17)8-13-4-7-20-16(13)14/h8-9,12H,3-7,10-11,18H2,1-2H3. The molecule has 0 fully saturated rings. The Hall–Kier alpha value is -0.770. The summed E-state index contributed by atoms with van der Waals surface area (Å²) in [6.45, 7) is 8.98. The van der Waals surface area contributed by atoms with E-state index in [4.69, 9.17) is 22.1 Å². The van der Waals surface area contributed by atoms with Crippen LogP contribution < -0.4 is 10.5 Å². The first-order valence-corrected chi connectivity index (χ1v) is 7.84. The summed E-state index contributed by atoms with van der Waals surface area (Å²) in [6, 6.07) is 4.07. The van der Waals surface area contributed by atoms with E-state index in [1.165, 1.54) is 11.1 Å². The number of rotatable bonds is 7. The highest BCUT2D eigenvalue weighted by Crippen LogP contribution is 2.33. The van der Waals surface area contributed by atoms with E-state index in [2.05, 4.69) is 18.7 Å². The predicted octanol–water partition coefficient (Wildman–Crippen LogP) is 3.08. The van der Waals surface area contributed by atoms with Crippen molar-refractivity contribution in [2.75, 3.05) is 26.2 Å². The molecule has 0 aromatic heterocycles. The fourth-order valence-electron chi connectivity index (χ4n) is 2.77. The lowest BCUT2D eigenvalue weighted by Gasteiger charge is -2.25. The minimum atomic E-state index is 0.640. The zero-order chi connectivity index (χ0) is 14.5. The molecular weight excluding hydrogens is 272 g/mol. The number of fused-ring (bicyclic) bond motifs is 1. The zero-order valence-corrected chi connectivity index (χ0v) is 13.2. The molecule has 1 aliphatic heterocycles. The normalized spacial score (nSPS) is 13.9. The van der Waals surface area contributed by atoms with Crippen molar-refractivity contribution in [3.63, 3.8) is 0 Å². The molecule has 1 aliphatic rings. The Labute approximate surface area is 127 Å². The minimum absolute atomic E-state index is 0.640. The molecule has 1 heterocycles. The summed E-state index contributed by atoms with van der Waals surface area (Å²) in [5.41, 5.74) is 8.10. The lowest BCUT2D eigenvalue weighted by atomic mass is 10.1. The van der Waals surface area contributed by atoms with Crippen molar-refractivity contribution in [3.8, 4) is 5.75 Å². The predicted molar refractivity (Wildman–Crippen MR) is 84.4 cm³/mol. The molecule has 20 heavy (non-hydrogen) atoms. The number of hydrogen-bond acceptors (Lipinski definition) is 3. The Morgan fingerprint density at radius 2 is 2.20 bits per heavy atom. The van der Waals surface area contributed by atoms with Gasteiger partial charge >= 0.3 is 0 Å². The Balaban J connectivity index is 2.13. The summed E-state index contributed by atoms with van der Waals surface area (Å²) >= 11 is 6.23. The van der Waals surface area contributed by atoms with E-state index in [1.807, 2.05) is 12.1 Å². The maximum absolute atomic E-state index is 6.23. The Bertz CT molecular complexity index is 448. The van der Waals surface area contributed by atoms with E-state index in [0.717, 1.165) is 56.4 Å². The molecule has 112 valence electrons. The molecule has 0 amide bonds. The van der Waals surface area contributed by atoms with E-state index in [-0.39, 0.29) is 0 Å². The lowest BCUT2D eigenvalue weighted by molar-refractivity contribution is 0.231. The van der Waals surface area contributed by atoms with Crippen molar-refractivity contribution in [2.24, 2.45) is 11.7 Å². The van der Waals surface area contributed by atoms with Crippen LogP contribution in [0, 0.1) is 5.92 Å². The molecule has 0 bridgehead atoms. The summed E-state index contributed by atoms with van der Waals surface area (Å²) in [5, 5.41) is 0.813. The lowest BCUT2D eigenvalue weighted by Crippen LogP contribution is -2.29. The van der Waals surface area contributed by atoms with Crippen molar-refractivity contribution in [3.05, 3.63) is 28.3 Å². The maximum atomic E-state index is 6.23. The van der Waals surface area contributed by atoms with Crippen molar-refractivity contribution in [1.82, 2.24) is 4.90 Å². The summed E-state index contributed by atoms with van der Waals surface area (Å²) in [4.78, 5) is 2.45. The third kappa shape index (κ3) is 4.11. The second kappa shape index (κ2) is 7.30. The van der Waals surface area contributed by atoms with Crippen LogP contribution in [0.2, 0.25) is 5.02 Å². The van der Waals surface area contributed by atoms with Gasteiger partial charge in [-0.05, 0) is 43.1 Å². The summed E-state index contributed by atoms with van der Waals surface area (Å²) in [5.74, 6) is 1.69. The van der Waals surface area contributed by atoms with Gasteiger partial charge in [0.15, 0.2) is 0 Å². The van der Waals surface area contributed by atoms with Crippen LogP contribution >= 0.6 is 11.6 Å². The number of benzene rings is 1. The number of nitrogens with two attached hydrogens (primary N) is 1. The highest BCUT2D eigenvalue weighted by Gasteiger charge is 2.19. The molecule has 1 aromatic rings. The minimum Gasteiger partial charge on any atom is -0.493 e. The van der Waals surface area contributed by atoms with Gasteiger partial charge in [0.1, 0.15) is 5.75 Å². The Morgan fingerprint density at radius 1 is 1.40 bits per heavy atom. The van der Waals surface area contributed by atoms with E-state index in [9.17, 15) is 0 Å². The molecule has 0 radical (unpaired) electrons. The zero-order valence-electron chi connectivity index (χ0n) is 12.5. The molecule has 0 unspecified atom stereocenters. The average molecular weight is 297 g/mol. The Kier molecular flexibility index (Phi) is 5.70. The van der Waals surface area contributed by atoms with Gasteiger partial charge in [-0.2, -0.15) is 0 Å². The first-order chi connectivity index (χ1) is 9.60. The summed E-state index contributed by atoms with van der Waals surface area (Å²) in [7, 11) is 0.